The number of benzene rings is 1. The SMILES string of the molecule is COC(=O)CC[C@@H](C)[C@H]1CC[C@H]2[C@@H]3CC[C@@H]4C/C(=N/NC(=S)Nc5ccc(Br)cc5)CC[C@]4(C)[C@H]3CC(=O)[C@]12C. The van der Waals surface area contributed by atoms with Gasteiger partial charge in [-0.1, -0.05) is 36.7 Å². The van der Waals surface area contributed by atoms with Crippen LogP contribution in [-0.4, -0.2) is 29.7 Å². The van der Waals surface area contributed by atoms with Crippen molar-refractivity contribution in [2.24, 2.45) is 51.4 Å². The number of rotatable bonds is 6. The molecule has 6 nitrogen and oxygen atoms in total. The zero-order chi connectivity index (χ0) is 28.7. The molecule has 8 heteroatoms. The van der Waals surface area contributed by atoms with Crippen LogP contribution in [-0.2, 0) is 14.3 Å². The van der Waals surface area contributed by atoms with E-state index >= 15 is 0 Å². The number of methoxy groups -OCH3 is 1. The number of carbonyl (C=O) groups is 2. The summed E-state index contributed by atoms with van der Waals surface area (Å²) in [7, 11) is 1.45. The Bertz CT molecular complexity index is 1170. The molecule has 0 saturated heterocycles. The number of ketones is 1. The summed E-state index contributed by atoms with van der Waals surface area (Å²) in [5.74, 6) is 3.19. The van der Waals surface area contributed by atoms with E-state index in [1.807, 2.05) is 24.3 Å². The van der Waals surface area contributed by atoms with Crippen molar-refractivity contribution in [2.45, 2.75) is 85.0 Å². The van der Waals surface area contributed by atoms with E-state index in [0.29, 0.717) is 52.8 Å². The molecule has 8 atom stereocenters. The van der Waals surface area contributed by atoms with Crippen molar-refractivity contribution in [3.05, 3.63) is 28.7 Å². The molecule has 0 bridgehead atoms. The largest absolute Gasteiger partial charge is 0.469 e. The first-order valence-corrected chi connectivity index (χ1v) is 16.2. The quantitative estimate of drug-likeness (QED) is 0.192. The fourth-order valence-electron chi connectivity index (χ4n) is 9.28. The summed E-state index contributed by atoms with van der Waals surface area (Å²) in [6.07, 6.45) is 9.67. The van der Waals surface area contributed by atoms with Gasteiger partial charge in [0.15, 0.2) is 5.11 Å². The molecule has 218 valence electrons. The molecular formula is C32H44BrN3O3S. The van der Waals surface area contributed by atoms with Crippen LogP contribution in [0.3, 0.4) is 0 Å². The summed E-state index contributed by atoms with van der Waals surface area (Å²) in [6.45, 7) is 6.99. The van der Waals surface area contributed by atoms with E-state index in [0.717, 1.165) is 55.1 Å². The van der Waals surface area contributed by atoms with E-state index in [4.69, 9.17) is 22.1 Å². The van der Waals surface area contributed by atoms with Crippen molar-refractivity contribution in [1.82, 2.24) is 5.43 Å². The Labute approximate surface area is 253 Å². The van der Waals surface area contributed by atoms with E-state index in [1.54, 1.807) is 0 Å². The Kier molecular flexibility index (Phi) is 8.78. The van der Waals surface area contributed by atoms with E-state index in [9.17, 15) is 9.59 Å². The molecule has 4 saturated carbocycles. The minimum Gasteiger partial charge on any atom is -0.469 e. The Balaban J connectivity index is 1.23. The lowest BCUT2D eigenvalue weighted by Gasteiger charge is -2.60. The van der Waals surface area contributed by atoms with Crippen molar-refractivity contribution in [2.75, 3.05) is 12.4 Å². The first-order chi connectivity index (χ1) is 19.1. The summed E-state index contributed by atoms with van der Waals surface area (Å²) < 4.78 is 5.91. The van der Waals surface area contributed by atoms with Gasteiger partial charge in [0.25, 0.3) is 0 Å². The van der Waals surface area contributed by atoms with Gasteiger partial charge in [0.05, 0.1) is 7.11 Å². The van der Waals surface area contributed by atoms with Gasteiger partial charge in [0.2, 0.25) is 0 Å². The monoisotopic (exact) mass is 629 g/mol. The highest BCUT2D eigenvalue weighted by Gasteiger charge is 2.63. The highest BCUT2D eigenvalue weighted by Crippen LogP contribution is 2.67. The molecule has 4 aliphatic carbocycles. The summed E-state index contributed by atoms with van der Waals surface area (Å²) in [5, 5.41) is 8.42. The van der Waals surface area contributed by atoms with Crippen LogP contribution in [0.5, 0.6) is 0 Å². The Morgan fingerprint density at radius 1 is 1.15 bits per heavy atom. The molecule has 0 unspecified atom stereocenters. The number of anilines is 1. The molecule has 0 heterocycles. The van der Waals surface area contributed by atoms with Crippen LogP contribution in [0.4, 0.5) is 5.69 Å². The van der Waals surface area contributed by atoms with Gasteiger partial charge in [-0.2, -0.15) is 5.10 Å². The first kappa shape index (κ1) is 29.7. The van der Waals surface area contributed by atoms with Crippen molar-refractivity contribution in [1.29, 1.82) is 0 Å². The lowest BCUT2D eigenvalue weighted by Crippen LogP contribution is -2.57. The predicted octanol–water partition coefficient (Wildman–Crippen LogP) is 7.52. The van der Waals surface area contributed by atoms with Crippen LogP contribution < -0.4 is 10.7 Å². The average Bonchev–Trinajstić information content (AvgIpc) is 3.31. The number of thiocarbonyl (C=S) groups is 1. The smallest absolute Gasteiger partial charge is 0.305 e. The highest BCUT2D eigenvalue weighted by molar-refractivity contribution is 9.10. The summed E-state index contributed by atoms with van der Waals surface area (Å²) in [6, 6.07) is 7.90. The number of carbonyl (C=O) groups excluding carboxylic acids is 2. The molecule has 40 heavy (non-hydrogen) atoms. The number of ether oxygens (including phenoxy) is 1. The van der Waals surface area contributed by atoms with E-state index in [1.165, 1.54) is 25.7 Å². The number of esters is 1. The van der Waals surface area contributed by atoms with E-state index < -0.39 is 0 Å². The van der Waals surface area contributed by atoms with Gasteiger partial charge in [0, 0.05) is 34.1 Å². The Morgan fingerprint density at radius 3 is 2.62 bits per heavy atom. The van der Waals surface area contributed by atoms with Gasteiger partial charge in [-0.25, -0.2) is 0 Å². The zero-order valence-electron chi connectivity index (χ0n) is 24.3. The predicted molar refractivity (Wildman–Crippen MR) is 167 cm³/mol. The number of Topliss-reactive ketones (excluding diaryl/α,β-unsaturated/α-hetero) is 1. The molecule has 0 aliphatic heterocycles. The summed E-state index contributed by atoms with van der Waals surface area (Å²) >= 11 is 8.94. The van der Waals surface area contributed by atoms with E-state index in [2.05, 4.69) is 47.4 Å². The fraction of sp³-hybridized carbons (Fsp3) is 0.688. The maximum atomic E-state index is 14.0. The molecule has 0 aromatic heterocycles. The molecule has 0 spiro atoms. The standard InChI is InChI=1S/C32H44BrN3O3S/c1-19(5-14-29(38)39-4)25-12-13-26-24-11-6-20-17-23(35-36-30(40)34-22-9-7-21(33)8-10-22)15-16-31(20,2)27(24)18-28(37)32(25,26)3/h7-10,19-20,24-27H,5-6,11-18H2,1-4H3,(H2,34,36,40)/b35-23+/t19-,20-,24+,25-,26+,27+,31+,32-/m1/s1. The van der Waals surface area contributed by atoms with E-state index in [-0.39, 0.29) is 16.8 Å². The Hall–Kier alpha value is -1.80. The third-order valence-electron chi connectivity index (χ3n) is 11.6. The van der Waals surface area contributed by atoms with Crippen LogP contribution >= 0.6 is 28.1 Å². The second-order valence-corrected chi connectivity index (χ2v) is 14.6. The molecule has 2 N–H and O–H groups in total. The minimum atomic E-state index is -0.247. The second kappa shape index (κ2) is 11.8. The topological polar surface area (TPSA) is 79.8 Å². The molecule has 0 amide bonds. The molecule has 1 aromatic carbocycles. The number of hydrogen-bond donors (Lipinski definition) is 2. The van der Waals surface area contributed by atoms with Crippen molar-refractivity contribution in [3.63, 3.8) is 0 Å². The zero-order valence-corrected chi connectivity index (χ0v) is 26.7. The van der Waals surface area contributed by atoms with Gasteiger partial charge in [-0.3, -0.25) is 15.0 Å². The number of nitrogens with one attached hydrogen (secondary N) is 2. The van der Waals surface area contributed by atoms with Crippen LogP contribution in [0.15, 0.2) is 33.8 Å². The maximum absolute atomic E-state index is 14.0. The molecular weight excluding hydrogens is 586 g/mol. The molecule has 1 aromatic rings. The van der Waals surface area contributed by atoms with Gasteiger partial charge in [0.1, 0.15) is 5.78 Å². The summed E-state index contributed by atoms with van der Waals surface area (Å²) in [5.41, 5.74) is 5.12. The van der Waals surface area contributed by atoms with Crippen LogP contribution in [0.1, 0.15) is 85.0 Å². The second-order valence-electron chi connectivity index (χ2n) is 13.3. The number of fused-ring (bicyclic) bond motifs is 5. The molecule has 4 fully saturated rings. The van der Waals surface area contributed by atoms with Crippen LogP contribution in [0.2, 0.25) is 0 Å². The Morgan fingerprint density at radius 2 is 1.90 bits per heavy atom. The first-order valence-electron chi connectivity index (χ1n) is 15.0. The fourth-order valence-corrected chi connectivity index (χ4v) is 9.71. The molecule has 5 rings (SSSR count). The number of hydrogen-bond acceptors (Lipinski definition) is 5. The number of halogens is 1. The minimum absolute atomic E-state index is 0.147. The van der Waals surface area contributed by atoms with Gasteiger partial charge >= 0.3 is 5.97 Å². The van der Waals surface area contributed by atoms with Crippen LogP contribution in [0, 0.1) is 46.3 Å². The highest BCUT2D eigenvalue weighted by atomic mass is 79.9. The van der Waals surface area contributed by atoms with Gasteiger partial charge in [-0.15, -0.1) is 0 Å². The third kappa shape index (κ3) is 5.51. The van der Waals surface area contributed by atoms with Crippen molar-refractivity contribution < 1.29 is 14.3 Å². The third-order valence-corrected chi connectivity index (χ3v) is 12.3. The average molecular weight is 631 g/mol. The normalized spacial score (nSPS) is 36.7. The van der Waals surface area contributed by atoms with Gasteiger partial charge < -0.3 is 10.1 Å². The number of nitrogens with zero attached hydrogens (tertiary/aromatic N) is 1. The van der Waals surface area contributed by atoms with Crippen LogP contribution in [0.25, 0.3) is 0 Å². The van der Waals surface area contributed by atoms with Crippen molar-refractivity contribution in [3.8, 4) is 0 Å². The molecule has 4 aliphatic rings. The molecule has 0 radical (unpaired) electrons. The number of hydrazone groups is 1. The summed E-state index contributed by atoms with van der Waals surface area (Å²) in [4.78, 5) is 25.8. The lowest BCUT2D eigenvalue weighted by molar-refractivity contribution is -0.155. The van der Waals surface area contributed by atoms with Gasteiger partial charge in [-0.05, 0) is 129 Å². The van der Waals surface area contributed by atoms with Crippen molar-refractivity contribution >= 4 is 56.4 Å². The lowest BCUT2D eigenvalue weighted by atomic mass is 9.44. The maximum Gasteiger partial charge on any atom is 0.305 e.